The molecule has 3 nitrogen and oxygen atoms in total. The van der Waals surface area contributed by atoms with Crippen molar-refractivity contribution in [3.8, 4) is 0 Å². The zero-order valence-corrected chi connectivity index (χ0v) is 20.5. The van der Waals surface area contributed by atoms with Gasteiger partial charge < -0.3 is 9.64 Å². The quantitative estimate of drug-likeness (QED) is 0.536. The number of aryl methyl sites for hydroxylation is 1. The van der Waals surface area contributed by atoms with Crippen molar-refractivity contribution in [3.05, 3.63) is 70.3 Å². The van der Waals surface area contributed by atoms with E-state index in [1.165, 1.54) is 22.3 Å². The van der Waals surface area contributed by atoms with E-state index in [0.29, 0.717) is 5.92 Å². The zero-order chi connectivity index (χ0) is 22.9. The van der Waals surface area contributed by atoms with E-state index < -0.39 is 0 Å². The molecule has 1 aliphatic carbocycles. The highest BCUT2D eigenvalue weighted by Gasteiger charge is 2.42. The number of ether oxygens (including phenoxy) is 1. The molecule has 1 fully saturated rings. The van der Waals surface area contributed by atoms with Crippen molar-refractivity contribution in [3.63, 3.8) is 0 Å². The molecule has 4 rings (SSSR count). The summed E-state index contributed by atoms with van der Waals surface area (Å²) in [5, 5.41) is 0. The SMILES string of the molecule is Cc1cc(C(=O)N2CCC3(CC2)Cc2ccccc2C(OC(C)C)C3)ccc1CC(C)C. The molecule has 0 aromatic heterocycles. The molecule has 2 aliphatic rings. The minimum absolute atomic E-state index is 0.165. The van der Waals surface area contributed by atoms with Crippen LogP contribution in [0, 0.1) is 18.3 Å². The normalized spacial score (nSPS) is 20.1. The Balaban J connectivity index is 1.45. The summed E-state index contributed by atoms with van der Waals surface area (Å²) in [7, 11) is 0. The summed E-state index contributed by atoms with van der Waals surface area (Å²) in [5.41, 5.74) is 6.45. The van der Waals surface area contributed by atoms with Crippen LogP contribution >= 0.6 is 0 Å². The first-order chi connectivity index (χ1) is 15.3. The molecule has 1 atom stereocenters. The number of hydrogen-bond donors (Lipinski definition) is 0. The molecule has 0 radical (unpaired) electrons. The molecule has 1 amide bonds. The van der Waals surface area contributed by atoms with Gasteiger partial charge in [-0.1, -0.05) is 44.2 Å². The number of carbonyl (C=O) groups is 1. The van der Waals surface area contributed by atoms with E-state index in [-0.39, 0.29) is 23.5 Å². The van der Waals surface area contributed by atoms with Crippen molar-refractivity contribution in [1.29, 1.82) is 0 Å². The maximum absolute atomic E-state index is 13.3. The van der Waals surface area contributed by atoms with Crippen LogP contribution in [0.15, 0.2) is 42.5 Å². The van der Waals surface area contributed by atoms with Gasteiger partial charge >= 0.3 is 0 Å². The average Bonchev–Trinajstić information content (AvgIpc) is 2.74. The number of fused-ring (bicyclic) bond motifs is 1. The van der Waals surface area contributed by atoms with E-state index in [1.807, 2.05) is 6.07 Å². The molecule has 0 bridgehead atoms. The van der Waals surface area contributed by atoms with E-state index in [4.69, 9.17) is 4.74 Å². The number of hydrogen-bond acceptors (Lipinski definition) is 2. The Kier molecular flexibility index (Phi) is 6.76. The van der Waals surface area contributed by atoms with Crippen LogP contribution in [-0.2, 0) is 17.6 Å². The number of likely N-dealkylation sites (tertiary alicyclic amines) is 1. The van der Waals surface area contributed by atoms with Crippen molar-refractivity contribution in [2.75, 3.05) is 13.1 Å². The second-order valence-corrected chi connectivity index (χ2v) is 10.8. The van der Waals surface area contributed by atoms with Crippen LogP contribution in [0.5, 0.6) is 0 Å². The van der Waals surface area contributed by atoms with Crippen molar-refractivity contribution in [1.82, 2.24) is 4.90 Å². The van der Waals surface area contributed by atoms with Gasteiger partial charge in [-0.25, -0.2) is 0 Å². The Bertz CT molecular complexity index is 953. The fraction of sp³-hybridized carbons (Fsp3) is 0.552. The third-order valence-corrected chi connectivity index (χ3v) is 7.35. The van der Waals surface area contributed by atoms with Crippen molar-refractivity contribution < 1.29 is 9.53 Å². The highest BCUT2D eigenvalue weighted by Crippen LogP contribution is 2.49. The molecular formula is C29H39NO2. The Labute approximate surface area is 194 Å². The Morgan fingerprint density at radius 1 is 1.09 bits per heavy atom. The minimum atomic E-state index is 0.165. The van der Waals surface area contributed by atoms with Crippen LogP contribution in [0.1, 0.15) is 85.7 Å². The fourth-order valence-corrected chi connectivity index (χ4v) is 5.68. The molecule has 172 valence electrons. The molecular weight excluding hydrogens is 394 g/mol. The van der Waals surface area contributed by atoms with Crippen molar-refractivity contribution >= 4 is 5.91 Å². The van der Waals surface area contributed by atoms with Crippen LogP contribution in [0.2, 0.25) is 0 Å². The smallest absolute Gasteiger partial charge is 0.253 e. The van der Waals surface area contributed by atoms with Crippen LogP contribution in [0.4, 0.5) is 0 Å². The zero-order valence-electron chi connectivity index (χ0n) is 20.5. The molecule has 1 unspecified atom stereocenters. The number of benzene rings is 2. The van der Waals surface area contributed by atoms with Crippen LogP contribution < -0.4 is 0 Å². The molecule has 0 N–H and O–H groups in total. The monoisotopic (exact) mass is 433 g/mol. The highest BCUT2D eigenvalue weighted by molar-refractivity contribution is 5.94. The summed E-state index contributed by atoms with van der Waals surface area (Å²) in [4.78, 5) is 15.3. The van der Waals surface area contributed by atoms with E-state index in [0.717, 1.165) is 50.8 Å². The summed E-state index contributed by atoms with van der Waals surface area (Å²) in [6.45, 7) is 12.5. The maximum Gasteiger partial charge on any atom is 0.253 e. The number of rotatable bonds is 5. The molecule has 1 aliphatic heterocycles. The molecule has 0 saturated carbocycles. The number of amides is 1. The molecule has 2 aromatic carbocycles. The molecule has 1 spiro atoms. The lowest BCUT2D eigenvalue weighted by molar-refractivity contribution is -0.0436. The van der Waals surface area contributed by atoms with Gasteiger partial charge in [0.2, 0.25) is 0 Å². The summed E-state index contributed by atoms with van der Waals surface area (Å²) in [5.74, 6) is 0.808. The van der Waals surface area contributed by atoms with E-state index in [2.05, 4.69) is 75.9 Å². The highest BCUT2D eigenvalue weighted by atomic mass is 16.5. The summed E-state index contributed by atoms with van der Waals surface area (Å²) in [6.07, 6.45) is 5.71. The lowest BCUT2D eigenvalue weighted by Crippen LogP contribution is -2.46. The Morgan fingerprint density at radius 3 is 2.47 bits per heavy atom. The lowest BCUT2D eigenvalue weighted by Gasteiger charge is -2.47. The maximum atomic E-state index is 13.3. The Morgan fingerprint density at radius 2 is 1.81 bits per heavy atom. The van der Waals surface area contributed by atoms with Gasteiger partial charge in [-0.2, -0.15) is 0 Å². The topological polar surface area (TPSA) is 29.5 Å². The molecule has 3 heteroatoms. The van der Waals surface area contributed by atoms with Crippen LogP contribution in [-0.4, -0.2) is 30.0 Å². The Hall–Kier alpha value is -2.13. The average molecular weight is 434 g/mol. The van der Waals surface area contributed by atoms with E-state index in [1.54, 1.807) is 0 Å². The van der Waals surface area contributed by atoms with Gasteiger partial charge in [0.1, 0.15) is 0 Å². The van der Waals surface area contributed by atoms with Crippen LogP contribution in [0.3, 0.4) is 0 Å². The number of carbonyl (C=O) groups excluding carboxylic acids is 1. The standard InChI is InChI=1S/C29H39NO2/c1-20(2)16-23-10-11-24(17-22(23)5)28(31)30-14-12-29(13-15-30)18-25-8-6-7-9-26(25)27(19-29)32-21(3)4/h6-11,17,20-21,27H,12-16,18-19H2,1-5H3. The molecule has 32 heavy (non-hydrogen) atoms. The summed E-state index contributed by atoms with van der Waals surface area (Å²) >= 11 is 0. The van der Waals surface area contributed by atoms with Crippen molar-refractivity contribution in [2.45, 2.75) is 78.9 Å². The van der Waals surface area contributed by atoms with Gasteiger partial charge in [0.25, 0.3) is 5.91 Å². The summed E-state index contributed by atoms with van der Waals surface area (Å²) < 4.78 is 6.36. The number of piperidine rings is 1. The summed E-state index contributed by atoms with van der Waals surface area (Å²) in [6, 6.07) is 15.1. The minimum Gasteiger partial charge on any atom is -0.371 e. The van der Waals surface area contributed by atoms with Gasteiger partial charge in [-0.3, -0.25) is 4.79 Å². The van der Waals surface area contributed by atoms with Crippen molar-refractivity contribution in [2.24, 2.45) is 11.3 Å². The van der Waals surface area contributed by atoms with E-state index >= 15 is 0 Å². The second-order valence-electron chi connectivity index (χ2n) is 10.8. The van der Waals surface area contributed by atoms with Crippen LogP contribution in [0.25, 0.3) is 0 Å². The predicted octanol–water partition coefficient (Wildman–Crippen LogP) is 6.53. The fourth-order valence-electron chi connectivity index (χ4n) is 5.68. The van der Waals surface area contributed by atoms with Gasteiger partial charge in [0, 0.05) is 18.7 Å². The largest absolute Gasteiger partial charge is 0.371 e. The van der Waals surface area contributed by atoms with Gasteiger partial charge in [-0.05, 0) is 98.6 Å². The first kappa shape index (κ1) is 23.0. The van der Waals surface area contributed by atoms with Gasteiger partial charge in [-0.15, -0.1) is 0 Å². The number of nitrogens with zero attached hydrogens (tertiary/aromatic N) is 1. The second kappa shape index (κ2) is 9.39. The van der Waals surface area contributed by atoms with Gasteiger partial charge in [0.05, 0.1) is 12.2 Å². The molecule has 2 aromatic rings. The molecule has 1 saturated heterocycles. The van der Waals surface area contributed by atoms with Gasteiger partial charge in [0.15, 0.2) is 0 Å². The third-order valence-electron chi connectivity index (χ3n) is 7.35. The first-order valence-corrected chi connectivity index (χ1v) is 12.4. The third kappa shape index (κ3) is 4.93. The van der Waals surface area contributed by atoms with E-state index in [9.17, 15) is 4.79 Å². The molecule has 1 heterocycles. The first-order valence-electron chi connectivity index (χ1n) is 12.4. The predicted molar refractivity (Wildman–Crippen MR) is 131 cm³/mol. The lowest BCUT2D eigenvalue weighted by atomic mass is 9.65.